The second kappa shape index (κ2) is 6.15. The molecule has 0 aliphatic carbocycles. The van der Waals surface area contributed by atoms with E-state index in [1.165, 1.54) is 12.1 Å². The topological polar surface area (TPSA) is 77.5 Å². The molecule has 0 saturated carbocycles. The van der Waals surface area contributed by atoms with E-state index in [-0.39, 0.29) is 27.9 Å². The monoisotopic (exact) mass is 332 g/mol. The molecule has 1 aromatic carbocycles. The molecule has 0 saturated heterocycles. The first-order chi connectivity index (χ1) is 9.43. The molecule has 1 rings (SSSR count). The molecule has 0 bridgehead atoms. The summed E-state index contributed by atoms with van der Waals surface area (Å²) in [5, 5.41) is 0.0654. The van der Waals surface area contributed by atoms with Crippen molar-refractivity contribution in [3.63, 3.8) is 0 Å². The van der Waals surface area contributed by atoms with Gasteiger partial charge in [0.15, 0.2) is 22.2 Å². The SMILES string of the molecule is CC(C)(C)C(=O)COC(=O)c1cc(S(C)(=O)=O)ccc1Cl. The van der Waals surface area contributed by atoms with E-state index in [4.69, 9.17) is 16.3 Å². The predicted octanol–water partition coefficient (Wildman–Crippen LogP) is 2.52. The van der Waals surface area contributed by atoms with E-state index in [2.05, 4.69) is 0 Å². The number of benzene rings is 1. The summed E-state index contributed by atoms with van der Waals surface area (Å²) in [6.07, 6.45) is 1.02. The fourth-order valence-corrected chi connectivity index (χ4v) is 2.16. The minimum atomic E-state index is -3.46. The van der Waals surface area contributed by atoms with Gasteiger partial charge in [-0.1, -0.05) is 32.4 Å². The zero-order valence-electron chi connectivity index (χ0n) is 12.3. The molecule has 1 aromatic rings. The number of hydrogen-bond donors (Lipinski definition) is 0. The van der Waals surface area contributed by atoms with Gasteiger partial charge >= 0.3 is 5.97 Å². The highest BCUT2D eigenvalue weighted by molar-refractivity contribution is 7.90. The van der Waals surface area contributed by atoms with Crippen molar-refractivity contribution in [2.45, 2.75) is 25.7 Å². The molecule has 0 heterocycles. The minimum Gasteiger partial charge on any atom is -0.454 e. The van der Waals surface area contributed by atoms with Crippen molar-refractivity contribution in [2.24, 2.45) is 5.41 Å². The number of esters is 1. The fourth-order valence-electron chi connectivity index (χ4n) is 1.32. The van der Waals surface area contributed by atoms with Gasteiger partial charge in [-0.05, 0) is 18.2 Å². The standard InChI is InChI=1S/C14H17ClO5S/c1-14(2,3)12(16)8-20-13(17)10-7-9(21(4,18)19)5-6-11(10)15/h5-7H,8H2,1-4H3. The number of sulfone groups is 1. The Hall–Kier alpha value is -1.40. The van der Waals surface area contributed by atoms with Crippen LogP contribution in [0.2, 0.25) is 5.02 Å². The summed E-state index contributed by atoms with van der Waals surface area (Å²) in [6, 6.07) is 3.75. The van der Waals surface area contributed by atoms with Gasteiger partial charge in [0.25, 0.3) is 0 Å². The van der Waals surface area contributed by atoms with Gasteiger partial charge in [-0.25, -0.2) is 13.2 Å². The van der Waals surface area contributed by atoms with Crippen molar-refractivity contribution >= 4 is 33.2 Å². The molecule has 21 heavy (non-hydrogen) atoms. The number of halogens is 1. The van der Waals surface area contributed by atoms with Gasteiger partial charge in [-0.2, -0.15) is 0 Å². The van der Waals surface area contributed by atoms with Crippen LogP contribution in [0, 0.1) is 5.41 Å². The van der Waals surface area contributed by atoms with Crippen LogP contribution in [-0.4, -0.2) is 33.0 Å². The van der Waals surface area contributed by atoms with Gasteiger partial charge in [-0.3, -0.25) is 4.79 Å². The lowest BCUT2D eigenvalue weighted by Gasteiger charge is -2.16. The molecule has 0 spiro atoms. The first-order valence-corrected chi connectivity index (χ1v) is 8.40. The van der Waals surface area contributed by atoms with Crippen molar-refractivity contribution < 1.29 is 22.7 Å². The maximum absolute atomic E-state index is 11.9. The van der Waals surface area contributed by atoms with Crippen LogP contribution in [0.1, 0.15) is 31.1 Å². The number of carbonyl (C=O) groups is 2. The predicted molar refractivity (Wildman–Crippen MR) is 79.3 cm³/mol. The zero-order valence-corrected chi connectivity index (χ0v) is 13.8. The van der Waals surface area contributed by atoms with Crippen LogP contribution in [-0.2, 0) is 19.4 Å². The van der Waals surface area contributed by atoms with Crippen LogP contribution in [0.5, 0.6) is 0 Å². The molecule has 0 unspecified atom stereocenters. The van der Waals surface area contributed by atoms with E-state index in [9.17, 15) is 18.0 Å². The van der Waals surface area contributed by atoms with Crippen LogP contribution in [0.4, 0.5) is 0 Å². The van der Waals surface area contributed by atoms with E-state index in [1.54, 1.807) is 20.8 Å². The fraction of sp³-hybridized carbons (Fsp3) is 0.429. The highest BCUT2D eigenvalue weighted by atomic mass is 35.5. The van der Waals surface area contributed by atoms with Crippen LogP contribution in [0.15, 0.2) is 23.1 Å². The Morgan fingerprint density at radius 3 is 2.29 bits per heavy atom. The zero-order chi connectivity index (χ0) is 16.4. The number of ketones is 1. The molecule has 0 aliphatic heterocycles. The summed E-state index contributed by atoms with van der Waals surface area (Å²) in [6.45, 7) is 4.74. The smallest absolute Gasteiger partial charge is 0.340 e. The highest BCUT2D eigenvalue weighted by Crippen LogP contribution is 2.22. The Morgan fingerprint density at radius 2 is 1.81 bits per heavy atom. The summed E-state index contributed by atoms with van der Waals surface area (Å²) in [7, 11) is -3.46. The number of rotatable bonds is 4. The van der Waals surface area contributed by atoms with E-state index < -0.39 is 21.2 Å². The number of carbonyl (C=O) groups excluding carboxylic acids is 2. The molecule has 0 aromatic heterocycles. The number of Topliss-reactive ketones (excluding diaryl/α,β-unsaturated/α-hetero) is 1. The van der Waals surface area contributed by atoms with Gasteiger partial charge in [0.05, 0.1) is 15.5 Å². The first kappa shape index (κ1) is 17.7. The van der Waals surface area contributed by atoms with Gasteiger partial charge in [0, 0.05) is 11.7 Å². The Morgan fingerprint density at radius 1 is 1.24 bits per heavy atom. The molecule has 5 nitrogen and oxygen atoms in total. The molecule has 0 amide bonds. The molecule has 0 atom stereocenters. The maximum atomic E-state index is 11.9. The van der Waals surface area contributed by atoms with Crippen molar-refractivity contribution in [3.05, 3.63) is 28.8 Å². The lowest BCUT2D eigenvalue weighted by molar-refractivity contribution is -0.129. The van der Waals surface area contributed by atoms with Crippen LogP contribution >= 0.6 is 11.6 Å². The van der Waals surface area contributed by atoms with Gasteiger partial charge < -0.3 is 4.74 Å². The van der Waals surface area contributed by atoms with E-state index in [1.807, 2.05) is 0 Å². The lowest BCUT2D eigenvalue weighted by atomic mass is 9.91. The second-order valence-electron chi connectivity index (χ2n) is 5.66. The molecule has 0 fully saturated rings. The third kappa shape index (κ3) is 4.82. The van der Waals surface area contributed by atoms with E-state index >= 15 is 0 Å². The summed E-state index contributed by atoms with van der Waals surface area (Å²) in [5.41, 5.74) is -0.708. The average molecular weight is 333 g/mol. The van der Waals surface area contributed by atoms with Crippen LogP contribution in [0.3, 0.4) is 0 Å². The van der Waals surface area contributed by atoms with Gasteiger partial charge in [0.1, 0.15) is 0 Å². The van der Waals surface area contributed by atoms with Crippen molar-refractivity contribution in [1.29, 1.82) is 0 Å². The third-order valence-corrected chi connectivity index (χ3v) is 4.20. The second-order valence-corrected chi connectivity index (χ2v) is 8.09. The van der Waals surface area contributed by atoms with Crippen molar-refractivity contribution in [3.8, 4) is 0 Å². The van der Waals surface area contributed by atoms with Gasteiger partial charge in [-0.15, -0.1) is 0 Å². The minimum absolute atomic E-state index is 0.0407. The Kier molecular flexibility index (Phi) is 5.17. The third-order valence-electron chi connectivity index (χ3n) is 2.76. The van der Waals surface area contributed by atoms with E-state index in [0.29, 0.717) is 0 Å². The number of hydrogen-bond acceptors (Lipinski definition) is 5. The Balaban J connectivity index is 2.96. The molecule has 0 radical (unpaired) electrons. The summed E-state index contributed by atoms with van der Waals surface area (Å²) >= 11 is 5.87. The van der Waals surface area contributed by atoms with Gasteiger partial charge in [0.2, 0.25) is 0 Å². The average Bonchev–Trinajstić information content (AvgIpc) is 2.33. The van der Waals surface area contributed by atoms with Crippen molar-refractivity contribution in [2.75, 3.05) is 12.9 Å². The lowest BCUT2D eigenvalue weighted by Crippen LogP contribution is -2.26. The first-order valence-electron chi connectivity index (χ1n) is 6.13. The van der Waals surface area contributed by atoms with Crippen LogP contribution < -0.4 is 0 Å². The molecular weight excluding hydrogens is 316 g/mol. The van der Waals surface area contributed by atoms with Crippen LogP contribution in [0.25, 0.3) is 0 Å². The highest BCUT2D eigenvalue weighted by Gasteiger charge is 2.24. The summed E-state index contributed by atoms with van der Waals surface area (Å²) < 4.78 is 27.8. The van der Waals surface area contributed by atoms with Crippen molar-refractivity contribution in [1.82, 2.24) is 0 Å². The molecular formula is C14H17ClO5S. The quantitative estimate of drug-likeness (QED) is 0.792. The molecule has 116 valence electrons. The largest absolute Gasteiger partial charge is 0.454 e. The molecule has 0 N–H and O–H groups in total. The van der Waals surface area contributed by atoms with E-state index in [0.717, 1.165) is 12.3 Å². The normalized spacial score (nSPS) is 12.0. The summed E-state index contributed by atoms with van der Waals surface area (Å²) in [4.78, 5) is 23.6. The number of ether oxygens (including phenoxy) is 1. The molecule has 0 aliphatic rings. The Labute approximate surface area is 129 Å². The Bertz CT molecular complexity index is 671. The summed E-state index contributed by atoms with van der Waals surface area (Å²) in [5.74, 6) is -1.07. The molecule has 7 heteroatoms. The maximum Gasteiger partial charge on any atom is 0.340 e.